The molecule has 0 aliphatic rings. The first-order valence-electron chi connectivity index (χ1n) is 5.69. The number of sulfonamides is 1. The van der Waals surface area contributed by atoms with E-state index < -0.39 is 29.8 Å². The molecule has 0 heterocycles. The fraction of sp³-hybridized carbons (Fsp3) is 0.300. The van der Waals surface area contributed by atoms with E-state index in [4.69, 9.17) is 20.9 Å². The van der Waals surface area contributed by atoms with Gasteiger partial charge in [-0.05, 0) is 17.7 Å². The van der Waals surface area contributed by atoms with Gasteiger partial charge < -0.3 is 20.8 Å². The Balaban J connectivity index is 3.02. The number of hydrogen-bond acceptors (Lipinski definition) is 4. The Morgan fingerprint density at radius 2 is 1.90 bits per heavy atom. The zero-order chi connectivity index (χ0) is 16.3. The van der Waals surface area contributed by atoms with E-state index >= 15 is 0 Å². The van der Waals surface area contributed by atoms with E-state index in [0.717, 1.165) is 6.26 Å². The maximum absolute atomic E-state index is 11.3. The highest BCUT2D eigenvalue weighted by atomic mass is 32.2. The highest BCUT2D eigenvalue weighted by molar-refractivity contribution is 7.88. The van der Waals surface area contributed by atoms with E-state index in [-0.39, 0.29) is 5.96 Å². The SMILES string of the molecule is CS(=O)(=O)NC(CP(=O)(O)O)c1ccc(NC(=N)N)cc1. The van der Waals surface area contributed by atoms with Gasteiger partial charge in [-0.1, -0.05) is 12.1 Å². The molecule has 7 N–H and O–H groups in total. The second kappa shape index (κ2) is 6.54. The molecule has 9 nitrogen and oxygen atoms in total. The van der Waals surface area contributed by atoms with Gasteiger partial charge in [-0.15, -0.1) is 0 Å². The van der Waals surface area contributed by atoms with Crippen molar-refractivity contribution in [3.05, 3.63) is 29.8 Å². The maximum Gasteiger partial charge on any atom is 0.327 e. The molecule has 0 aliphatic carbocycles. The first-order valence-corrected chi connectivity index (χ1v) is 9.38. The van der Waals surface area contributed by atoms with Gasteiger partial charge in [0.1, 0.15) is 0 Å². The Morgan fingerprint density at radius 1 is 1.38 bits per heavy atom. The lowest BCUT2D eigenvalue weighted by Gasteiger charge is -2.19. The second-order valence-electron chi connectivity index (χ2n) is 4.45. The van der Waals surface area contributed by atoms with E-state index in [9.17, 15) is 13.0 Å². The third-order valence-electron chi connectivity index (χ3n) is 2.37. The fourth-order valence-electron chi connectivity index (χ4n) is 1.66. The van der Waals surface area contributed by atoms with Crippen LogP contribution in [0.3, 0.4) is 0 Å². The molecule has 1 unspecified atom stereocenters. The fourth-order valence-corrected chi connectivity index (χ4v) is 3.30. The number of benzene rings is 1. The van der Waals surface area contributed by atoms with E-state index in [0.29, 0.717) is 11.3 Å². The largest absolute Gasteiger partial charge is 0.370 e. The molecule has 1 rings (SSSR count). The maximum atomic E-state index is 11.3. The van der Waals surface area contributed by atoms with Crippen molar-refractivity contribution in [1.82, 2.24) is 4.72 Å². The minimum atomic E-state index is -4.40. The van der Waals surface area contributed by atoms with Crippen LogP contribution in [0.5, 0.6) is 0 Å². The Labute approximate surface area is 122 Å². The van der Waals surface area contributed by atoms with E-state index in [1.165, 1.54) is 24.3 Å². The molecule has 0 saturated carbocycles. The molecular formula is C10H17N4O5PS. The number of nitrogens with one attached hydrogen (secondary N) is 3. The molecule has 0 aromatic heterocycles. The normalized spacial score (nSPS) is 13.7. The van der Waals surface area contributed by atoms with Crippen LogP contribution in [0.15, 0.2) is 24.3 Å². The Morgan fingerprint density at radius 3 is 2.29 bits per heavy atom. The molecule has 1 aromatic carbocycles. The predicted octanol–water partition coefficient (Wildman–Crippen LogP) is -0.240. The van der Waals surface area contributed by atoms with Crippen LogP contribution < -0.4 is 15.8 Å². The quantitative estimate of drug-likeness (QED) is 0.237. The molecule has 1 aromatic rings. The summed E-state index contributed by atoms with van der Waals surface area (Å²) in [5, 5.41) is 9.61. The van der Waals surface area contributed by atoms with Crippen molar-refractivity contribution in [2.75, 3.05) is 17.7 Å². The van der Waals surface area contributed by atoms with Crippen LogP contribution in [0.2, 0.25) is 0 Å². The van der Waals surface area contributed by atoms with Gasteiger partial charge >= 0.3 is 7.60 Å². The summed E-state index contributed by atoms with van der Waals surface area (Å²) in [7, 11) is -8.04. The molecule has 0 spiro atoms. The highest BCUT2D eigenvalue weighted by Crippen LogP contribution is 2.39. The summed E-state index contributed by atoms with van der Waals surface area (Å²) in [5.74, 6) is -0.260. The summed E-state index contributed by atoms with van der Waals surface area (Å²) in [5.41, 5.74) is 6.05. The molecule has 0 radical (unpaired) electrons. The Kier molecular flexibility index (Phi) is 5.48. The van der Waals surface area contributed by atoms with Gasteiger partial charge in [-0.3, -0.25) is 9.97 Å². The lowest BCUT2D eigenvalue weighted by molar-refractivity contribution is 0.367. The summed E-state index contributed by atoms with van der Waals surface area (Å²) in [6, 6.07) is 4.97. The second-order valence-corrected chi connectivity index (χ2v) is 7.93. The summed E-state index contributed by atoms with van der Waals surface area (Å²) in [4.78, 5) is 18.1. The number of rotatable bonds is 6. The Bertz CT molecular complexity index is 655. The van der Waals surface area contributed by atoms with Crippen molar-refractivity contribution in [1.29, 1.82) is 5.41 Å². The summed E-state index contributed by atoms with van der Waals surface area (Å²) >= 11 is 0. The molecular weight excluding hydrogens is 319 g/mol. The van der Waals surface area contributed by atoms with Crippen LogP contribution in [0.1, 0.15) is 11.6 Å². The van der Waals surface area contributed by atoms with Gasteiger partial charge in [-0.2, -0.15) is 0 Å². The first-order chi connectivity index (χ1) is 9.46. The van der Waals surface area contributed by atoms with Gasteiger partial charge in [-0.25, -0.2) is 13.1 Å². The molecule has 21 heavy (non-hydrogen) atoms. The van der Waals surface area contributed by atoms with Gasteiger partial charge in [0, 0.05) is 5.69 Å². The minimum Gasteiger partial charge on any atom is -0.370 e. The van der Waals surface area contributed by atoms with E-state index in [1.807, 2.05) is 0 Å². The van der Waals surface area contributed by atoms with Crippen molar-refractivity contribution in [2.24, 2.45) is 5.73 Å². The lowest BCUT2D eigenvalue weighted by atomic mass is 10.1. The molecule has 0 amide bonds. The molecule has 11 heteroatoms. The topological polar surface area (TPSA) is 166 Å². The van der Waals surface area contributed by atoms with Gasteiger partial charge in [0.15, 0.2) is 5.96 Å². The van der Waals surface area contributed by atoms with Crippen LogP contribution in [-0.4, -0.2) is 36.6 Å². The predicted molar refractivity (Wildman–Crippen MR) is 79.6 cm³/mol. The third kappa shape index (κ3) is 7.21. The zero-order valence-electron chi connectivity index (χ0n) is 11.1. The number of nitrogens with two attached hydrogens (primary N) is 1. The minimum absolute atomic E-state index is 0.260. The van der Waals surface area contributed by atoms with Crippen molar-refractivity contribution in [3.8, 4) is 0 Å². The van der Waals surface area contributed by atoms with Gasteiger partial charge in [0.2, 0.25) is 10.0 Å². The number of hydrogen-bond donors (Lipinski definition) is 6. The average molecular weight is 336 g/mol. The molecule has 0 bridgehead atoms. The highest BCUT2D eigenvalue weighted by Gasteiger charge is 2.25. The Hall–Kier alpha value is -1.45. The molecule has 0 saturated heterocycles. The number of guanidine groups is 1. The van der Waals surface area contributed by atoms with Crippen LogP contribution in [0.25, 0.3) is 0 Å². The zero-order valence-corrected chi connectivity index (χ0v) is 12.9. The van der Waals surface area contributed by atoms with Crippen LogP contribution in [-0.2, 0) is 14.6 Å². The van der Waals surface area contributed by atoms with E-state index in [1.54, 1.807) is 0 Å². The smallest absolute Gasteiger partial charge is 0.327 e. The van der Waals surface area contributed by atoms with E-state index in [2.05, 4.69) is 10.0 Å². The third-order valence-corrected chi connectivity index (χ3v) is 3.92. The van der Waals surface area contributed by atoms with Crippen LogP contribution in [0.4, 0.5) is 5.69 Å². The molecule has 118 valence electrons. The van der Waals surface area contributed by atoms with Crippen LogP contribution >= 0.6 is 7.60 Å². The summed E-state index contributed by atoms with van der Waals surface area (Å²) in [6.45, 7) is 0. The average Bonchev–Trinajstić information content (AvgIpc) is 2.24. The molecule has 1 atom stereocenters. The standard InChI is InChI=1S/C10H17N4O5PS/c1-21(18,19)14-9(6-20(15,16)17)7-2-4-8(5-3-7)13-10(11)12/h2-5,9,14H,6H2,1H3,(H4,11,12,13)(H2,15,16,17). The molecule has 0 aliphatic heterocycles. The van der Waals surface area contributed by atoms with Crippen molar-refractivity contribution in [3.63, 3.8) is 0 Å². The van der Waals surface area contributed by atoms with Crippen molar-refractivity contribution < 1.29 is 22.8 Å². The summed E-state index contributed by atoms with van der Waals surface area (Å²) < 4.78 is 35.9. The number of anilines is 1. The van der Waals surface area contributed by atoms with Gasteiger partial charge in [0.25, 0.3) is 0 Å². The monoisotopic (exact) mass is 336 g/mol. The van der Waals surface area contributed by atoms with Gasteiger partial charge in [0.05, 0.1) is 18.5 Å². The van der Waals surface area contributed by atoms with Crippen molar-refractivity contribution >= 4 is 29.3 Å². The van der Waals surface area contributed by atoms with Crippen LogP contribution in [0, 0.1) is 5.41 Å². The lowest BCUT2D eigenvalue weighted by Crippen LogP contribution is -2.29. The van der Waals surface area contributed by atoms with Crippen molar-refractivity contribution in [2.45, 2.75) is 6.04 Å². The first kappa shape index (κ1) is 17.6. The molecule has 0 fully saturated rings. The summed E-state index contributed by atoms with van der Waals surface area (Å²) in [6.07, 6.45) is 0.255.